The van der Waals surface area contributed by atoms with Crippen molar-refractivity contribution in [3.8, 4) is 11.3 Å². The van der Waals surface area contributed by atoms with Crippen molar-refractivity contribution in [2.24, 2.45) is 5.92 Å². The van der Waals surface area contributed by atoms with Gasteiger partial charge in [0.2, 0.25) is 5.95 Å². The first-order chi connectivity index (χ1) is 12.6. The highest BCUT2D eigenvalue weighted by Gasteiger charge is 2.46. The summed E-state index contributed by atoms with van der Waals surface area (Å²) in [7, 11) is 0. The third-order valence-electron chi connectivity index (χ3n) is 4.60. The van der Waals surface area contributed by atoms with Gasteiger partial charge in [-0.15, -0.1) is 5.10 Å². The van der Waals surface area contributed by atoms with Crippen molar-refractivity contribution < 1.29 is 8.78 Å². The third kappa shape index (κ3) is 2.56. The first-order valence-corrected chi connectivity index (χ1v) is 8.37. The smallest absolute Gasteiger partial charge is 0.267 e. The normalized spacial score (nSPS) is 15.0. The monoisotopic (exact) mass is 355 g/mol. The molecule has 9 heteroatoms. The highest BCUT2D eigenvalue weighted by Crippen LogP contribution is 2.43. The van der Waals surface area contributed by atoms with Gasteiger partial charge in [-0.2, -0.15) is 5.10 Å². The van der Waals surface area contributed by atoms with Gasteiger partial charge in [-0.05, 0) is 31.0 Å². The molecule has 0 aromatic carbocycles. The van der Waals surface area contributed by atoms with E-state index in [9.17, 15) is 8.78 Å². The van der Waals surface area contributed by atoms with Crippen molar-refractivity contribution in [2.75, 3.05) is 11.9 Å². The summed E-state index contributed by atoms with van der Waals surface area (Å²) in [4.78, 5) is 8.35. The van der Waals surface area contributed by atoms with Crippen LogP contribution in [0.5, 0.6) is 0 Å². The number of anilines is 1. The zero-order valence-electron chi connectivity index (χ0n) is 13.7. The standard InChI is InChI=1S/C17H15F2N7/c18-17(19,11-1-2-11)10-22-16-21-9-14-12(5-7-25(14)24-16)13-3-4-15-20-6-8-26(15)23-13/h3-9,11H,1-2,10H2,(H,22,24). The number of imidazole rings is 1. The van der Waals surface area contributed by atoms with Crippen LogP contribution < -0.4 is 5.32 Å². The number of hydrogen-bond acceptors (Lipinski definition) is 5. The SMILES string of the molecule is FC(F)(CNc1ncc2c(-c3ccc4nccn4n3)ccn2n1)C1CC1. The Hall–Kier alpha value is -3.10. The molecule has 132 valence electrons. The quantitative estimate of drug-likeness (QED) is 0.596. The van der Waals surface area contributed by atoms with Crippen LogP contribution in [-0.4, -0.2) is 41.7 Å². The average molecular weight is 355 g/mol. The van der Waals surface area contributed by atoms with Crippen LogP contribution in [0.15, 0.2) is 43.0 Å². The lowest BCUT2D eigenvalue weighted by Gasteiger charge is -2.15. The number of rotatable bonds is 5. The van der Waals surface area contributed by atoms with Crippen LogP contribution >= 0.6 is 0 Å². The zero-order chi connectivity index (χ0) is 17.7. The first-order valence-electron chi connectivity index (χ1n) is 8.37. The second kappa shape index (κ2) is 5.45. The Balaban J connectivity index is 1.43. The van der Waals surface area contributed by atoms with Crippen LogP contribution in [0.2, 0.25) is 0 Å². The fourth-order valence-electron chi connectivity index (χ4n) is 3.00. The number of hydrogen-bond donors (Lipinski definition) is 1. The van der Waals surface area contributed by atoms with Crippen molar-refractivity contribution in [1.29, 1.82) is 0 Å². The molecule has 1 fully saturated rings. The van der Waals surface area contributed by atoms with Crippen molar-refractivity contribution in [3.05, 3.63) is 43.0 Å². The number of halogens is 2. The van der Waals surface area contributed by atoms with Crippen LogP contribution in [-0.2, 0) is 0 Å². The molecule has 0 unspecified atom stereocenters. The largest absolute Gasteiger partial charge is 0.347 e. The molecule has 1 saturated carbocycles. The van der Waals surface area contributed by atoms with Crippen molar-refractivity contribution in [1.82, 2.24) is 29.2 Å². The Bertz CT molecular complexity index is 1100. The van der Waals surface area contributed by atoms with Gasteiger partial charge in [-0.3, -0.25) is 0 Å². The van der Waals surface area contributed by atoms with Gasteiger partial charge >= 0.3 is 0 Å². The summed E-state index contributed by atoms with van der Waals surface area (Å²) in [6.45, 7) is -0.448. The van der Waals surface area contributed by atoms with E-state index in [1.807, 2.05) is 18.2 Å². The molecule has 0 amide bonds. The van der Waals surface area contributed by atoms with E-state index < -0.39 is 18.4 Å². The first kappa shape index (κ1) is 15.2. The topological polar surface area (TPSA) is 72.4 Å². The van der Waals surface area contributed by atoms with Gasteiger partial charge in [0.15, 0.2) is 5.65 Å². The number of fused-ring (bicyclic) bond motifs is 2. The van der Waals surface area contributed by atoms with Crippen molar-refractivity contribution in [2.45, 2.75) is 18.8 Å². The Kier molecular flexibility index (Phi) is 3.18. The molecule has 0 saturated heterocycles. The second-order valence-corrected chi connectivity index (χ2v) is 6.48. The predicted octanol–water partition coefficient (Wildman–Crippen LogP) is 2.90. The van der Waals surface area contributed by atoms with E-state index >= 15 is 0 Å². The Morgan fingerprint density at radius 1 is 1.08 bits per heavy atom. The molecule has 4 heterocycles. The lowest BCUT2D eigenvalue weighted by Crippen LogP contribution is -2.30. The van der Waals surface area contributed by atoms with Crippen molar-refractivity contribution >= 4 is 17.1 Å². The summed E-state index contributed by atoms with van der Waals surface area (Å²) in [5.41, 5.74) is 3.12. The van der Waals surface area contributed by atoms with Gasteiger partial charge in [0.1, 0.15) is 0 Å². The summed E-state index contributed by atoms with van der Waals surface area (Å²) in [5, 5.41) is 11.4. The van der Waals surface area contributed by atoms with E-state index in [1.165, 1.54) is 0 Å². The molecule has 5 rings (SSSR count). The molecule has 0 radical (unpaired) electrons. The van der Waals surface area contributed by atoms with Gasteiger partial charge in [-0.1, -0.05) is 0 Å². The number of alkyl halides is 2. The zero-order valence-corrected chi connectivity index (χ0v) is 13.7. The van der Waals surface area contributed by atoms with Crippen LogP contribution in [0, 0.1) is 5.92 Å². The Morgan fingerprint density at radius 2 is 1.96 bits per heavy atom. The van der Waals surface area contributed by atoms with Gasteiger partial charge < -0.3 is 5.32 Å². The lowest BCUT2D eigenvalue weighted by molar-refractivity contribution is -0.00833. The van der Waals surface area contributed by atoms with Crippen LogP contribution in [0.1, 0.15) is 12.8 Å². The average Bonchev–Trinajstić information content (AvgIpc) is 3.27. The number of aromatic nitrogens is 6. The maximum Gasteiger partial charge on any atom is 0.267 e. The molecule has 0 bridgehead atoms. The van der Waals surface area contributed by atoms with E-state index in [0.29, 0.717) is 12.8 Å². The van der Waals surface area contributed by atoms with Crippen LogP contribution in [0.3, 0.4) is 0 Å². The Morgan fingerprint density at radius 3 is 2.81 bits per heavy atom. The van der Waals surface area contributed by atoms with Crippen LogP contribution in [0.25, 0.3) is 22.4 Å². The molecule has 1 aliphatic carbocycles. The van der Waals surface area contributed by atoms with Gasteiger partial charge in [-0.25, -0.2) is 27.8 Å². The van der Waals surface area contributed by atoms with Gasteiger partial charge in [0.25, 0.3) is 5.92 Å². The molecule has 1 N–H and O–H groups in total. The molecular formula is C17H15F2N7. The molecule has 7 nitrogen and oxygen atoms in total. The minimum atomic E-state index is -2.72. The molecule has 0 atom stereocenters. The molecule has 26 heavy (non-hydrogen) atoms. The summed E-state index contributed by atoms with van der Waals surface area (Å²) >= 11 is 0. The number of nitrogens with one attached hydrogen (secondary N) is 1. The molecule has 0 aliphatic heterocycles. The summed E-state index contributed by atoms with van der Waals surface area (Å²) < 4.78 is 30.9. The summed E-state index contributed by atoms with van der Waals surface area (Å²) in [5.74, 6) is -3.05. The fourth-order valence-corrected chi connectivity index (χ4v) is 3.00. The minimum Gasteiger partial charge on any atom is -0.347 e. The van der Waals surface area contributed by atoms with Crippen molar-refractivity contribution in [3.63, 3.8) is 0 Å². The number of nitrogens with zero attached hydrogens (tertiary/aromatic N) is 6. The molecule has 4 aromatic rings. The lowest BCUT2D eigenvalue weighted by atomic mass is 10.2. The highest BCUT2D eigenvalue weighted by atomic mass is 19.3. The predicted molar refractivity (Wildman–Crippen MR) is 91.1 cm³/mol. The second-order valence-electron chi connectivity index (χ2n) is 6.48. The molecular weight excluding hydrogens is 340 g/mol. The minimum absolute atomic E-state index is 0.179. The van der Waals surface area contributed by atoms with Gasteiger partial charge in [0.05, 0.1) is 24.0 Å². The van der Waals surface area contributed by atoms with Crippen LogP contribution in [0.4, 0.5) is 14.7 Å². The molecule has 1 aliphatic rings. The van der Waals surface area contributed by atoms with E-state index in [1.54, 1.807) is 33.8 Å². The molecule has 4 aromatic heterocycles. The summed E-state index contributed by atoms with van der Waals surface area (Å²) in [6.07, 6.45) is 8.00. The van der Waals surface area contributed by atoms with E-state index in [-0.39, 0.29) is 5.95 Å². The highest BCUT2D eigenvalue weighted by molar-refractivity contribution is 5.78. The Labute approximate surface area is 146 Å². The molecule has 0 spiro atoms. The van der Waals surface area contributed by atoms with Gasteiger partial charge in [0, 0.05) is 30.1 Å². The van der Waals surface area contributed by atoms with E-state index in [2.05, 4.69) is 25.5 Å². The maximum absolute atomic E-state index is 13.8. The maximum atomic E-state index is 13.8. The van der Waals surface area contributed by atoms with E-state index in [0.717, 1.165) is 22.4 Å². The third-order valence-corrected chi connectivity index (χ3v) is 4.60. The van der Waals surface area contributed by atoms with E-state index in [4.69, 9.17) is 0 Å². The summed E-state index contributed by atoms with van der Waals surface area (Å²) in [6, 6.07) is 5.63. The fraction of sp³-hybridized carbons (Fsp3) is 0.294.